The van der Waals surface area contributed by atoms with Gasteiger partial charge in [-0.3, -0.25) is 0 Å². The van der Waals surface area contributed by atoms with E-state index >= 15 is 0 Å². The number of sulfonamides is 1. The largest absolute Gasteiger partial charge is 0.493 e. The van der Waals surface area contributed by atoms with Crippen molar-refractivity contribution >= 4 is 26.0 Å². The fourth-order valence-corrected chi connectivity index (χ4v) is 5.43. The van der Waals surface area contributed by atoms with Gasteiger partial charge in [0.05, 0.1) is 11.5 Å². The molecule has 0 bridgehead atoms. The van der Waals surface area contributed by atoms with Gasteiger partial charge in [-0.25, -0.2) is 8.42 Å². The SMILES string of the molecule is O=S(=O)(c1cccc(Br)c1)N1CCN(CCCOc2ccc3c(c2)OCO3)CC1. The first-order valence-corrected chi connectivity index (χ1v) is 11.8. The van der Waals surface area contributed by atoms with Crippen LogP contribution in [0.4, 0.5) is 0 Å². The van der Waals surface area contributed by atoms with Crippen LogP contribution in [0.1, 0.15) is 6.42 Å². The summed E-state index contributed by atoms with van der Waals surface area (Å²) in [7, 11) is -3.44. The minimum absolute atomic E-state index is 0.252. The van der Waals surface area contributed by atoms with Crippen LogP contribution in [0.3, 0.4) is 0 Å². The first-order valence-electron chi connectivity index (χ1n) is 9.53. The molecule has 0 atom stereocenters. The van der Waals surface area contributed by atoms with Gasteiger partial charge in [0.25, 0.3) is 0 Å². The maximum Gasteiger partial charge on any atom is 0.243 e. The summed E-state index contributed by atoms with van der Waals surface area (Å²) in [4.78, 5) is 2.60. The zero-order valence-corrected chi connectivity index (χ0v) is 18.3. The number of halogens is 1. The van der Waals surface area contributed by atoms with E-state index in [1.807, 2.05) is 24.3 Å². The predicted octanol–water partition coefficient (Wildman–Crippen LogP) is 2.95. The predicted molar refractivity (Wildman–Crippen MR) is 112 cm³/mol. The van der Waals surface area contributed by atoms with E-state index < -0.39 is 10.0 Å². The van der Waals surface area contributed by atoms with Gasteiger partial charge in [-0.2, -0.15) is 4.31 Å². The second-order valence-electron chi connectivity index (χ2n) is 6.92. The van der Waals surface area contributed by atoms with Crippen LogP contribution in [-0.4, -0.2) is 63.7 Å². The van der Waals surface area contributed by atoms with Crippen molar-refractivity contribution in [3.8, 4) is 17.2 Å². The third-order valence-corrected chi connectivity index (χ3v) is 7.38. The highest BCUT2D eigenvalue weighted by molar-refractivity contribution is 9.10. The number of hydrogen-bond donors (Lipinski definition) is 0. The molecule has 7 nitrogen and oxygen atoms in total. The number of hydrogen-bond acceptors (Lipinski definition) is 6. The van der Waals surface area contributed by atoms with Crippen LogP contribution in [0.5, 0.6) is 17.2 Å². The van der Waals surface area contributed by atoms with Crippen molar-refractivity contribution in [2.24, 2.45) is 0 Å². The van der Waals surface area contributed by atoms with E-state index in [-0.39, 0.29) is 6.79 Å². The zero-order valence-electron chi connectivity index (χ0n) is 15.9. The first kappa shape index (κ1) is 20.5. The Balaban J connectivity index is 1.21. The van der Waals surface area contributed by atoms with Crippen LogP contribution in [0, 0.1) is 0 Å². The summed E-state index contributed by atoms with van der Waals surface area (Å²) in [6.45, 7) is 4.15. The molecule has 1 fully saturated rings. The molecule has 0 unspecified atom stereocenters. The molecule has 0 aliphatic carbocycles. The Bertz CT molecular complexity index is 961. The van der Waals surface area contributed by atoms with Crippen LogP contribution >= 0.6 is 15.9 Å². The normalized spacial score (nSPS) is 17.4. The van der Waals surface area contributed by atoms with E-state index in [0.717, 1.165) is 42.0 Å². The molecule has 2 aromatic carbocycles. The quantitative estimate of drug-likeness (QED) is 0.565. The molecule has 156 valence electrons. The van der Waals surface area contributed by atoms with E-state index in [1.165, 1.54) is 0 Å². The topological polar surface area (TPSA) is 68.3 Å². The standard InChI is InChI=1S/C20H23BrN2O5S/c21-16-3-1-4-18(13-16)29(24,25)23-10-8-22(9-11-23)7-2-12-26-17-5-6-19-20(14-17)28-15-27-19/h1,3-6,13-14H,2,7-12,15H2. The van der Waals surface area contributed by atoms with Gasteiger partial charge in [0, 0.05) is 43.3 Å². The molecule has 2 aliphatic heterocycles. The van der Waals surface area contributed by atoms with E-state index in [0.29, 0.717) is 30.3 Å². The summed E-state index contributed by atoms with van der Waals surface area (Å²) >= 11 is 3.34. The van der Waals surface area contributed by atoms with Crippen LogP contribution in [-0.2, 0) is 10.0 Å². The Morgan fingerprint density at radius 1 is 1.00 bits per heavy atom. The molecular weight excluding hydrogens is 460 g/mol. The Hall–Kier alpha value is -1.81. The van der Waals surface area contributed by atoms with Crippen molar-refractivity contribution in [2.75, 3.05) is 46.1 Å². The lowest BCUT2D eigenvalue weighted by atomic mass is 10.3. The highest BCUT2D eigenvalue weighted by Gasteiger charge is 2.28. The fraction of sp³-hybridized carbons (Fsp3) is 0.400. The number of rotatable bonds is 7. The monoisotopic (exact) mass is 482 g/mol. The van der Waals surface area contributed by atoms with Crippen LogP contribution in [0.25, 0.3) is 0 Å². The third-order valence-electron chi connectivity index (χ3n) is 5.00. The van der Waals surface area contributed by atoms with Gasteiger partial charge in [-0.05, 0) is 36.8 Å². The third kappa shape index (κ3) is 4.85. The molecule has 2 aromatic rings. The average molecular weight is 483 g/mol. The van der Waals surface area contributed by atoms with Crippen LogP contribution in [0.2, 0.25) is 0 Å². The van der Waals surface area contributed by atoms with Gasteiger partial charge in [0.2, 0.25) is 16.8 Å². The maximum atomic E-state index is 12.8. The smallest absolute Gasteiger partial charge is 0.243 e. The summed E-state index contributed by atoms with van der Waals surface area (Å²) in [5.74, 6) is 2.22. The summed E-state index contributed by atoms with van der Waals surface area (Å²) in [6.07, 6.45) is 0.868. The highest BCUT2D eigenvalue weighted by atomic mass is 79.9. The molecule has 0 N–H and O–H groups in total. The van der Waals surface area contributed by atoms with Crippen LogP contribution < -0.4 is 14.2 Å². The minimum atomic E-state index is -3.44. The lowest BCUT2D eigenvalue weighted by Gasteiger charge is -2.34. The summed E-state index contributed by atoms with van der Waals surface area (Å²) in [5, 5.41) is 0. The Kier molecular flexibility index (Phi) is 6.29. The van der Waals surface area contributed by atoms with Crippen molar-refractivity contribution in [2.45, 2.75) is 11.3 Å². The molecule has 0 spiro atoms. The molecule has 4 rings (SSSR count). The highest BCUT2D eigenvalue weighted by Crippen LogP contribution is 2.35. The van der Waals surface area contributed by atoms with Gasteiger partial charge in [-0.15, -0.1) is 0 Å². The molecule has 29 heavy (non-hydrogen) atoms. The van der Waals surface area contributed by atoms with E-state index in [4.69, 9.17) is 14.2 Å². The summed E-state index contributed by atoms with van der Waals surface area (Å²) < 4.78 is 44.3. The minimum Gasteiger partial charge on any atom is -0.493 e. The van der Waals surface area contributed by atoms with Crippen molar-refractivity contribution in [1.29, 1.82) is 0 Å². The maximum absolute atomic E-state index is 12.8. The average Bonchev–Trinajstić information content (AvgIpc) is 3.19. The Morgan fingerprint density at radius 2 is 1.79 bits per heavy atom. The summed E-state index contributed by atoms with van der Waals surface area (Å²) in [6, 6.07) is 12.4. The van der Waals surface area contributed by atoms with Crippen molar-refractivity contribution in [3.05, 3.63) is 46.9 Å². The van der Waals surface area contributed by atoms with E-state index in [1.54, 1.807) is 22.5 Å². The molecule has 0 radical (unpaired) electrons. The zero-order chi connectivity index (χ0) is 20.3. The molecule has 2 aliphatic rings. The molecule has 9 heteroatoms. The molecule has 0 aromatic heterocycles. The van der Waals surface area contributed by atoms with Gasteiger partial charge in [0.1, 0.15) is 5.75 Å². The van der Waals surface area contributed by atoms with Gasteiger partial charge < -0.3 is 19.1 Å². The number of fused-ring (bicyclic) bond motifs is 1. The second-order valence-corrected chi connectivity index (χ2v) is 9.77. The van der Waals surface area contributed by atoms with Crippen molar-refractivity contribution in [3.63, 3.8) is 0 Å². The Labute approximate surface area is 179 Å². The van der Waals surface area contributed by atoms with E-state index in [9.17, 15) is 8.42 Å². The van der Waals surface area contributed by atoms with Gasteiger partial charge >= 0.3 is 0 Å². The van der Waals surface area contributed by atoms with Crippen molar-refractivity contribution < 1.29 is 22.6 Å². The molecule has 0 amide bonds. The van der Waals surface area contributed by atoms with Gasteiger partial charge in [-0.1, -0.05) is 22.0 Å². The first-order chi connectivity index (χ1) is 14.0. The molecule has 2 heterocycles. The molecule has 1 saturated heterocycles. The lowest BCUT2D eigenvalue weighted by Crippen LogP contribution is -2.48. The molecule has 0 saturated carbocycles. The number of ether oxygens (including phenoxy) is 3. The number of piperazine rings is 1. The second kappa shape index (κ2) is 8.91. The lowest BCUT2D eigenvalue weighted by molar-refractivity contribution is 0.172. The van der Waals surface area contributed by atoms with Crippen LogP contribution in [0.15, 0.2) is 51.8 Å². The summed E-state index contributed by atoms with van der Waals surface area (Å²) in [5.41, 5.74) is 0. The number of nitrogens with zero attached hydrogens (tertiary/aromatic N) is 2. The molecular formula is C20H23BrN2O5S. The number of benzene rings is 2. The Morgan fingerprint density at radius 3 is 2.59 bits per heavy atom. The van der Waals surface area contributed by atoms with Gasteiger partial charge in [0.15, 0.2) is 11.5 Å². The van der Waals surface area contributed by atoms with Crippen molar-refractivity contribution in [1.82, 2.24) is 9.21 Å². The fourth-order valence-electron chi connectivity index (χ4n) is 3.41. The van der Waals surface area contributed by atoms with E-state index in [2.05, 4.69) is 20.8 Å².